The fourth-order valence-electron chi connectivity index (χ4n) is 1.97. The van der Waals surface area contributed by atoms with Gasteiger partial charge in [0.25, 0.3) is 0 Å². The predicted octanol–water partition coefficient (Wildman–Crippen LogP) is 3.62. The number of nitrogens with zero attached hydrogens (tertiary/aromatic N) is 4. The van der Waals surface area contributed by atoms with Crippen LogP contribution in [0.15, 0.2) is 49.4 Å². The Morgan fingerprint density at radius 2 is 2.05 bits per heavy atom. The lowest BCUT2D eigenvalue weighted by Crippen LogP contribution is -1.96. The van der Waals surface area contributed by atoms with Crippen LogP contribution in [0, 0.1) is 0 Å². The standard InChI is InChI=1S/C14H13ClN4O.2ClH/c1-20-14-3-2-12(6-13(14)15)19-8-11(17-10-19)7-18-5-4-16-9-18;;/h2-6,8-10H,7H2,1H3;2*1H. The molecule has 2 heterocycles. The lowest BCUT2D eigenvalue weighted by atomic mass is 10.3. The summed E-state index contributed by atoms with van der Waals surface area (Å²) in [6, 6.07) is 5.63. The molecule has 0 atom stereocenters. The van der Waals surface area contributed by atoms with Gasteiger partial charge in [-0.2, -0.15) is 0 Å². The van der Waals surface area contributed by atoms with Gasteiger partial charge in [0.15, 0.2) is 0 Å². The Balaban J connectivity index is 0.00000121. The molecule has 0 aliphatic rings. The molecule has 3 rings (SSSR count). The Hall–Kier alpha value is -1.69. The zero-order valence-corrected chi connectivity index (χ0v) is 14.1. The van der Waals surface area contributed by atoms with Crippen LogP contribution in [0.25, 0.3) is 5.69 Å². The van der Waals surface area contributed by atoms with E-state index >= 15 is 0 Å². The summed E-state index contributed by atoms with van der Waals surface area (Å²) in [4.78, 5) is 8.39. The molecule has 0 radical (unpaired) electrons. The van der Waals surface area contributed by atoms with E-state index < -0.39 is 0 Å². The number of imidazole rings is 2. The van der Waals surface area contributed by atoms with E-state index in [4.69, 9.17) is 16.3 Å². The fourth-order valence-corrected chi connectivity index (χ4v) is 2.22. The largest absolute Gasteiger partial charge is 0.495 e. The van der Waals surface area contributed by atoms with Gasteiger partial charge in [-0.3, -0.25) is 0 Å². The highest BCUT2D eigenvalue weighted by Gasteiger charge is 2.05. The van der Waals surface area contributed by atoms with E-state index in [0.717, 1.165) is 11.4 Å². The minimum absolute atomic E-state index is 0. The molecule has 0 amide bonds. The first kappa shape index (κ1) is 18.4. The summed E-state index contributed by atoms with van der Waals surface area (Å²) in [6.07, 6.45) is 9.16. The average Bonchev–Trinajstić information content (AvgIpc) is 3.11. The molecule has 22 heavy (non-hydrogen) atoms. The maximum atomic E-state index is 6.13. The lowest BCUT2D eigenvalue weighted by molar-refractivity contribution is 0.415. The topological polar surface area (TPSA) is 44.9 Å². The Morgan fingerprint density at radius 3 is 2.68 bits per heavy atom. The Morgan fingerprint density at radius 1 is 1.23 bits per heavy atom. The summed E-state index contributed by atoms with van der Waals surface area (Å²) in [6.45, 7) is 0.691. The van der Waals surface area contributed by atoms with Crippen LogP contribution in [0.4, 0.5) is 0 Å². The summed E-state index contributed by atoms with van der Waals surface area (Å²) in [7, 11) is 1.60. The number of hydrogen-bond acceptors (Lipinski definition) is 3. The monoisotopic (exact) mass is 360 g/mol. The SMILES string of the molecule is COc1ccc(-n2cnc(Cn3ccnc3)c2)cc1Cl.Cl.Cl. The van der Waals surface area contributed by atoms with E-state index in [1.54, 1.807) is 26.0 Å². The predicted molar refractivity (Wildman–Crippen MR) is 91.0 cm³/mol. The third kappa shape index (κ3) is 3.94. The smallest absolute Gasteiger partial charge is 0.137 e. The van der Waals surface area contributed by atoms with Crippen molar-refractivity contribution in [2.45, 2.75) is 6.54 Å². The number of methoxy groups -OCH3 is 1. The number of aromatic nitrogens is 4. The van der Waals surface area contributed by atoms with Crippen LogP contribution in [0.1, 0.15) is 5.69 Å². The molecule has 0 spiro atoms. The second-order valence-electron chi connectivity index (χ2n) is 4.33. The number of benzene rings is 1. The molecule has 0 unspecified atom stereocenters. The van der Waals surface area contributed by atoms with Crippen molar-refractivity contribution in [2.24, 2.45) is 0 Å². The van der Waals surface area contributed by atoms with Crippen molar-refractivity contribution in [1.29, 1.82) is 0 Å². The lowest BCUT2D eigenvalue weighted by Gasteiger charge is -2.06. The first-order chi connectivity index (χ1) is 9.76. The zero-order chi connectivity index (χ0) is 13.9. The van der Waals surface area contributed by atoms with E-state index in [9.17, 15) is 0 Å². The van der Waals surface area contributed by atoms with Crippen LogP contribution in [0.2, 0.25) is 5.02 Å². The van der Waals surface area contributed by atoms with Crippen molar-refractivity contribution in [3.8, 4) is 11.4 Å². The maximum absolute atomic E-state index is 6.13. The molecule has 8 heteroatoms. The molecule has 0 bridgehead atoms. The Bertz CT molecular complexity index is 713. The van der Waals surface area contributed by atoms with Crippen LogP contribution in [0.5, 0.6) is 5.75 Å². The van der Waals surface area contributed by atoms with Gasteiger partial charge >= 0.3 is 0 Å². The Kier molecular flexibility index (Phi) is 6.74. The average molecular weight is 362 g/mol. The molecule has 0 saturated heterocycles. The van der Waals surface area contributed by atoms with Crippen molar-refractivity contribution in [3.05, 3.63) is 60.2 Å². The van der Waals surface area contributed by atoms with Crippen LogP contribution >= 0.6 is 36.4 Å². The van der Waals surface area contributed by atoms with Crippen LogP contribution in [-0.4, -0.2) is 26.2 Å². The molecule has 0 aliphatic carbocycles. The van der Waals surface area contributed by atoms with E-state index in [1.807, 2.05) is 39.7 Å². The number of ether oxygens (including phenoxy) is 1. The van der Waals surface area contributed by atoms with Gasteiger partial charge in [0.05, 0.1) is 37.0 Å². The minimum Gasteiger partial charge on any atom is -0.495 e. The molecule has 118 valence electrons. The van der Waals surface area contributed by atoms with Crippen LogP contribution in [0.3, 0.4) is 0 Å². The molecule has 0 saturated carbocycles. The number of rotatable bonds is 4. The second kappa shape index (κ2) is 8.08. The highest BCUT2D eigenvalue weighted by atomic mass is 35.5. The van der Waals surface area contributed by atoms with Gasteiger partial charge in [0, 0.05) is 24.3 Å². The molecule has 0 N–H and O–H groups in total. The second-order valence-corrected chi connectivity index (χ2v) is 4.73. The third-order valence-electron chi connectivity index (χ3n) is 2.97. The van der Waals surface area contributed by atoms with Gasteiger partial charge in [-0.25, -0.2) is 9.97 Å². The van der Waals surface area contributed by atoms with Gasteiger partial charge in [0.2, 0.25) is 0 Å². The van der Waals surface area contributed by atoms with Crippen LogP contribution < -0.4 is 4.74 Å². The van der Waals surface area contributed by atoms with Gasteiger partial charge in [-0.05, 0) is 18.2 Å². The van der Waals surface area contributed by atoms with Crippen LogP contribution in [-0.2, 0) is 6.54 Å². The first-order valence-corrected chi connectivity index (χ1v) is 6.46. The van der Waals surface area contributed by atoms with Crippen molar-refractivity contribution in [2.75, 3.05) is 7.11 Å². The summed E-state index contributed by atoms with van der Waals surface area (Å²) < 4.78 is 9.04. The molecule has 2 aromatic heterocycles. The molecular weight excluding hydrogens is 347 g/mol. The Labute approximate surface area is 145 Å². The normalized spacial score (nSPS) is 9.73. The van der Waals surface area contributed by atoms with Crippen molar-refractivity contribution in [1.82, 2.24) is 19.1 Å². The van der Waals surface area contributed by atoms with E-state index in [2.05, 4.69) is 9.97 Å². The van der Waals surface area contributed by atoms with Gasteiger partial charge < -0.3 is 13.9 Å². The van der Waals surface area contributed by atoms with E-state index in [-0.39, 0.29) is 24.8 Å². The number of halogens is 3. The third-order valence-corrected chi connectivity index (χ3v) is 3.27. The van der Waals surface area contributed by atoms with Crippen molar-refractivity contribution >= 4 is 36.4 Å². The zero-order valence-electron chi connectivity index (χ0n) is 11.7. The summed E-state index contributed by atoms with van der Waals surface area (Å²) in [5.74, 6) is 0.661. The highest BCUT2D eigenvalue weighted by molar-refractivity contribution is 6.32. The molecule has 1 aromatic carbocycles. The van der Waals surface area contributed by atoms with Gasteiger partial charge in [0.1, 0.15) is 5.75 Å². The van der Waals surface area contributed by atoms with Crippen molar-refractivity contribution < 1.29 is 4.74 Å². The molecule has 0 fully saturated rings. The van der Waals surface area contributed by atoms with Gasteiger partial charge in [-0.15, -0.1) is 24.8 Å². The van der Waals surface area contributed by atoms with Gasteiger partial charge in [-0.1, -0.05) is 11.6 Å². The minimum atomic E-state index is 0. The quantitative estimate of drug-likeness (QED) is 0.713. The molecule has 0 aliphatic heterocycles. The maximum Gasteiger partial charge on any atom is 0.137 e. The molecular formula is C14H15Cl3N4O. The van der Waals surface area contributed by atoms with E-state index in [1.165, 1.54) is 0 Å². The fraction of sp³-hybridized carbons (Fsp3) is 0.143. The summed E-state index contributed by atoms with van der Waals surface area (Å²) >= 11 is 6.13. The highest BCUT2D eigenvalue weighted by Crippen LogP contribution is 2.26. The molecule has 5 nitrogen and oxygen atoms in total. The first-order valence-electron chi connectivity index (χ1n) is 6.09. The molecule has 3 aromatic rings. The summed E-state index contributed by atoms with van der Waals surface area (Å²) in [5.41, 5.74) is 1.90. The van der Waals surface area contributed by atoms with E-state index in [0.29, 0.717) is 17.3 Å². The number of hydrogen-bond donors (Lipinski definition) is 0. The van der Waals surface area contributed by atoms with Crippen molar-refractivity contribution in [3.63, 3.8) is 0 Å². The summed E-state index contributed by atoms with van der Waals surface area (Å²) in [5, 5.41) is 0.579.